The van der Waals surface area contributed by atoms with Crippen molar-refractivity contribution < 1.29 is 4.79 Å². The Morgan fingerprint density at radius 2 is 2.33 bits per heavy atom. The van der Waals surface area contributed by atoms with Crippen molar-refractivity contribution in [2.24, 2.45) is 11.7 Å². The van der Waals surface area contributed by atoms with Gasteiger partial charge in [-0.1, -0.05) is 13.8 Å². The highest BCUT2D eigenvalue weighted by Crippen LogP contribution is 2.17. The molecule has 0 aromatic carbocycles. The van der Waals surface area contributed by atoms with Crippen LogP contribution in [-0.2, 0) is 4.79 Å². The summed E-state index contributed by atoms with van der Waals surface area (Å²) < 4.78 is 0. The molecule has 0 saturated carbocycles. The molecule has 1 rings (SSSR count). The van der Waals surface area contributed by atoms with E-state index in [0.29, 0.717) is 5.92 Å². The summed E-state index contributed by atoms with van der Waals surface area (Å²) in [7, 11) is 0. The van der Waals surface area contributed by atoms with Gasteiger partial charge in [0.15, 0.2) is 0 Å². The molecule has 1 aliphatic rings. The number of carbonyl (C=O) groups excluding carboxylic acids is 1. The summed E-state index contributed by atoms with van der Waals surface area (Å²) in [5.74, 6) is 0.457. The largest absolute Gasteiger partial charge is 0.368 e. The van der Waals surface area contributed by atoms with E-state index in [1.807, 2.05) is 0 Å². The van der Waals surface area contributed by atoms with Crippen LogP contribution in [0.1, 0.15) is 26.7 Å². The molecular weight excluding hydrogens is 154 g/mol. The predicted octanol–water partition coefficient (Wildman–Crippen LogP) is 0.592. The Labute approximate surface area is 73.9 Å². The van der Waals surface area contributed by atoms with E-state index in [1.54, 1.807) is 0 Å². The van der Waals surface area contributed by atoms with Gasteiger partial charge in [-0.05, 0) is 25.3 Å². The molecule has 0 aromatic heterocycles. The third kappa shape index (κ3) is 2.21. The summed E-state index contributed by atoms with van der Waals surface area (Å²) in [6, 6.07) is 0.00685. The highest BCUT2D eigenvalue weighted by molar-refractivity contribution is 5.80. The Hall–Kier alpha value is -0.570. The molecule has 0 aromatic rings. The van der Waals surface area contributed by atoms with Crippen molar-refractivity contribution in [2.75, 3.05) is 13.1 Å². The van der Waals surface area contributed by atoms with Crippen molar-refractivity contribution in [3.63, 3.8) is 0 Å². The maximum Gasteiger partial charge on any atom is 0.234 e. The molecule has 1 fully saturated rings. The van der Waals surface area contributed by atoms with Gasteiger partial charge in [0.1, 0.15) is 0 Å². The number of amides is 1. The zero-order valence-corrected chi connectivity index (χ0v) is 7.92. The van der Waals surface area contributed by atoms with Crippen molar-refractivity contribution in [1.29, 1.82) is 0 Å². The second-order valence-electron chi connectivity index (χ2n) is 3.95. The second kappa shape index (κ2) is 3.90. The molecule has 1 heterocycles. The van der Waals surface area contributed by atoms with E-state index in [1.165, 1.54) is 0 Å². The molecule has 1 atom stereocenters. The van der Waals surface area contributed by atoms with Gasteiger partial charge in [0.25, 0.3) is 0 Å². The van der Waals surface area contributed by atoms with Gasteiger partial charge in [0.05, 0.1) is 6.04 Å². The van der Waals surface area contributed by atoms with Gasteiger partial charge in [-0.15, -0.1) is 0 Å². The van der Waals surface area contributed by atoms with Gasteiger partial charge in [-0.25, -0.2) is 0 Å². The number of nitrogens with zero attached hydrogens (tertiary/aromatic N) is 1. The van der Waals surface area contributed by atoms with Gasteiger partial charge < -0.3 is 5.73 Å². The number of hydrogen-bond donors (Lipinski definition) is 1. The molecule has 1 aliphatic heterocycles. The number of nitrogens with two attached hydrogens (primary N) is 1. The highest BCUT2D eigenvalue weighted by atomic mass is 16.2. The molecule has 12 heavy (non-hydrogen) atoms. The summed E-state index contributed by atoms with van der Waals surface area (Å²) in [6.45, 7) is 6.35. The lowest BCUT2D eigenvalue weighted by Crippen LogP contribution is -2.41. The van der Waals surface area contributed by atoms with E-state index >= 15 is 0 Å². The van der Waals surface area contributed by atoms with Crippen LogP contribution in [0.15, 0.2) is 0 Å². The molecule has 0 spiro atoms. The Morgan fingerprint density at radius 3 is 2.83 bits per heavy atom. The van der Waals surface area contributed by atoms with E-state index < -0.39 is 0 Å². The first kappa shape index (κ1) is 9.52. The van der Waals surface area contributed by atoms with Crippen molar-refractivity contribution in [3.05, 3.63) is 0 Å². The van der Waals surface area contributed by atoms with E-state index in [9.17, 15) is 4.79 Å². The summed E-state index contributed by atoms with van der Waals surface area (Å²) in [6.07, 6.45) is 2.06. The Kier molecular flexibility index (Phi) is 3.09. The van der Waals surface area contributed by atoms with Crippen LogP contribution in [0.25, 0.3) is 0 Å². The molecule has 1 amide bonds. The Bertz CT molecular complexity index is 168. The standard InChI is InChI=1S/C9H18N2O/c1-7(2)6-11-5-3-4-8(11)9(10)12/h7-8H,3-6H2,1-2H3,(H2,10,12)/i9+1,10+1. The smallest absolute Gasteiger partial charge is 0.234 e. The number of primary amides is 1. The molecule has 0 bridgehead atoms. The predicted molar refractivity (Wildman–Crippen MR) is 48.6 cm³/mol. The normalized spacial score (nSPS) is 25.1. The zero-order chi connectivity index (χ0) is 9.14. The zero-order valence-electron chi connectivity index (χ0n) is 7.92. The van der Waals surface area contributed by atoms with E-state index in [-0.39, 0.29) is 11.9 Å². The quantitative estimate of drug-likeness (QED) is 0.500. The molecule has 70 valence electrons. The second-order valence-corrected chi connectivity index (χ2v) is 3.95. The SMILES string of the molecule is CC(C)CN1CCCC1[13C]([15NH2])=O. The average Bonchev–Trinajstić information content (AvgIpc) is 2.33. The summed E-state index contributed by atoms with van der Waals surface area (Å²) >= 11 is 0. The first-order chi connectivity index (χ1) is 5.61. The summed E-state index contributed by atoms with van der Waals surface area (Å²) in [4.78, 5) is 13.2. The van der Waals surface area contributed by atoms with Crippen LogP contribution in [0, 0.1) is 5.92 Å². The Morgan fingerprint density at radius 1 is 1.67 bits per heavy atom. The minimum atomic E-state index is -0.159. The fraction of sp³-hybridized carbons (Fsp3) is 0.889. The van der Waals surface area contributed by atoms with Crippen LogP contribution < -0.4 is 5.73 Å². The van der Waals surface area contributed by atoms with E-state index in [0.717, 1.165) is 25.9 Å². The van der Waals surface area contributed by atoms with Crippen LogP contribution in [-0.4, -0.2) is 29.9 Å². The van der Waals surface area contributed by atoms with Gasteiger partial charge in [0, 0.05) is 6.54 Å². The van der Waals surface area contributed by atoms with Crippen LogP contribution in [0.3, 0.4) is 0 Å². The maximum atomic E-state index is 11.0. The lowest BCUT2D eigenvalue weighted by atomic mass is 10.2. The van der Waals surface area contributed by atoms with Gasteiger partial charge in [-0.2, -0.15) is 0 Å². The lowest BCUT2D eigenvalue weighted by molar-refractivity contribution is -0.122. The minimum absolute atomic E-state index is 0.00685. The first-order valence-electron chi connectivity index (χ1n) is 4.64. The van der Waals surface area contributed by atoms with Gasteiger partial charge in [0.2, 0.25) is 5.91 Å². The molecule has 1 saturated heterocycles. The molecule has 0 aliphatic carbocycles. The Balaban J connectivity index is 2.46. The summed E-state index contributed by atoms with van der Waals surface area (Å²) in [5.41, 5.74) is 5.28. The fourth-order valence-electron chi connectivity index (χ4n) is 1.84. The number of rotatable bonds is 3. The van der Waals surface area contributed by atoms with Crippen LogP contribution in [0.5, 0.6) is 0 Å². The first-order valence-corrected chi connectivity index (χ1v) is 4.64. The van der Waals surface area contributed by atoms with Crippen molar-refractivity contribution in [3.8, 4) is 0 Å². The van der Waals surface area contributed by atoms with Crippen LogP contribution >= 0.6 is 0 Å². The molecule has 2 N–H and O–H groups in total. The van der Waals surface area contributed by atoms with E-state index in [2.05, 4.69) is 18.7 Å². The van der Waals surface area contributed by atoms with Crippen molar-refractivity contribution in [2.45, 2.75) is 32.7 Å². The highest BCUT2D eigenvalue weighted by Gasteiger charge is 2.28. The molecule has 0 radical (unpaired) electrons. The number of likely N-dealkylation sites (tertiary alicyclic amines) is 1. The third-order valence-corrected chi connectivity index (χ3v) is 2.29. The minimum Gasteiger partial charge on any atom is -0.368 e. The third-order valence-electron chi connectivity index (χ3n) is 2.29. The number of hydrogen-bond acceptors (Lipinski definition) is 2. The number of carbonyl (C=O) groups is 1. The molecule has 3 nitrogen and oxygen atoms in total. The van der Waals surface area contributed by atoms with Crippen LogP contribution in [0.4, 0.5) is 0 Å². The van der Waals surface area contributed by atoms with Crippen molar-refractivity contribution >= 4 is 5.91 Å². The average molecular weight is 172 g/mol. The van der Waals surface area contributed by atoms with E-state index in [4.69, 9.17) is 5.73 Å². The fourth-order valence-corrected chi connectivity index (χ4v) is 1.84. The van der Waals surface area contributed by atoms with Crippen molar-refractivity contribution in [1.82, 2.24) is 4.90 Å². The lowest BCUT2D eigenvalue weighted by Gasteiger charge is -2.23. The van der Waals surface area contributed by atoms with Crippen LogP contribution in [0.2, 0.25) is 0 Å². The maximum absolute atomic E-state index is 11.0. The monoisotopic (exact) mass is 172 g/mol. The topological polar surface area (TPSA) is 46.3 Å². The molecular formula is C9H18N2O. The molecule has 1 unspecified atom stereocenters. The van der Waals surface area contributed by atoms with Gasteiger partial charge >= 0.3 is 0 Å². The van der Waals surface area contributed by atoms with Gasteiger partial charge in [-0.3, -0.25) is 9.69 Å². The summed E-state index contributed by atoms with van der Waals surface area (Å²) in [5, 5.41) is 0. The molecule has 3 heteroatoms.